The largest absolute Gasteiger partial charge is 0.369 e. The fraction of sp³-hybridized carbons (Fsp3) is 0.219. The minimum absolute atomic E-state index is 0.468. The van der Waals surface area contributed by atoms with Gasteiger partial charge in [-0.1, -0.05) is 108 Å². The molecule has 192 valence electrons. The number of benzene rings is 3. The summed E-state index contributed by atoms with van der Waals surface area (Å²) in [6.07, 6.45) is 9.33. The van der Waals surface area contributed by atoms with Crippen molar-refractivity contribution in [1.82, 2.24) is 25.0 Å². The molecule has 6 heteroatoms. The molecule has 3 N–H and O–H groups in total. The molecule has 0 fully saturated rings. The van der Waals surface area contributed by atoms with E-state index >= 15 is 0 Å². The second kappa shape index (κ2) is 12.2. The number of nitrogen functional groups attached to an aromatic ring is 1. The minimum Gasteiger partial charge on any atom is -0.369 e. The molecule has 0 radical (unpaired) electrons. The highest BCUT2D eigenvalue weighted by Gasteiger charge is 2.11. The molecule has 0 amide bonds. The first-order chi connectivity index (χ1) is 18.6. The Hall–Kier alpha value is -4.45. The summed E-state index contributed by atoms with van der Waals surface area (Å²) in [5, 5.41) is 8.69. The van der Waals surface area contributed by atoms with Gasteiger partial charge in [-0.15, -0.1) is 5.10 Å². The average molecular weight is 503 g/mol. The fourth-order valence-corrected chi connectivity index (χ4v) is 4.75. The number of nitrogens with zero attached hydrogens (tertiary/aromatic N) is 4. The average Bonchev–Trinajstić information content (AvgIpc) is 3.55. The van der Waals surface area contributed by atoms with Crippen LogP contribution in [-0.2, 0) is 19.4 Å². The number of aryl methyl sites for hydroxylation is 2. The number of hydrogen-bond acceptors (Lipinski definition) is 4. The summed E-state index contributed by atoms with van der Waals surface area (Å²) in [7, 11) is 0. The Morgan fingerprint density at radius 3 is 2.24 bits per heavy atom. The van der Waals surface area contributed by atoms with Crippen LogP contribution in [0.25, 0.3) is 28.5 Å². The van der Waals surface area contributed by atoms with Gasteiger partial charge in [0.1, 0.15) is 0 Å². The van der Waals surface area contributed by atoms with Crippen molar-refractivity contribution in [2.24, 2.45) is 0 Å². The van der Waals surface area contributed by atoms with Gasteiger partial charge in [0.2, 0.25) is 0 Å². The van der Waals surface area contributed by atoms with Crippen molar-refractivity contribution >= 4 is 12.0 Å². The molecule has 0 aliphatic carbocycles. The van der Waals surface area contributed by atoms with E-state index in [0.29, 0.717) is 5.95 Å². The van der Waals surface area contributed by atoms with Crippen LogP contribution in [0.1, 0.15) is 43.1 Å². The van der Waals surface area contributed by atoms with E-state index in [-0.39, 0.29) is 0 Å². The molecule has 6 nitrogen and oxygen atoms in total. The Morgan fingerprint density at radius 2 is 1.47 bits per heavy atom. The monoisotopic (exact) mass is 502 g/mol. The van der Waals surface area contributed by atoms with E-state index in [4.69, 9.17) is 5.73 Å². The molecule has 0 spiro atoms. The molecular weight excluding hydrogens is 468 g/mol. The first-order valence-electron chi connectivity index (χ1n) is 13.3. The second-order valence-corrected chi connectivity index (χ2v) is 9.76. The quantitative estimate of drug-likeness (QED) is 0.191. The molecule has 2 aromatic heterocycles. The van der Waals surface area contributed by atoms with E-state index in [1.165, 1.54) is 22.3 Å². The first kappa shape index (κ1) is 25.2. The Bertz CT molecular complexity index is 1460. The number of allylic oxidation sites excluding steroid dienone is 1. The molecule has 0 saturated carbocycles. The smallest absolute Gasteiger partial charge is 0.198 e. The molecule has 0 unspecified atom stereocenters. The predicted octanol–water partition coefficient (Wildman–Crippen LogP) is 6.98. The van der Waals surface area contributed by atoms with Crippen molar-refractivity contribution in [3.63, 3.8) is 0 Å². The number of aromatic nitrogens is 5. The van der Waals surface area contributed by atoms with Gasteiger partial charge in [-0.05, 0) is 49.3 Å². The third-order valence-electron chi connectivity index (χ3n) is 6.63. The van der Waals surface area contributed by atoms with Crippen LogP contribution in [0.2, 0.25) is 0 Å². The third-order valence-corrected chi connectivity index (χ3v) is 6.63. The molecule has 0 saturated heterocycles. The van der Waals surface area contributed by atoms with Crippen molar-refractivity contribution in [1.29, 1.82) is 0 Å². The number of nitrogens with one attached hydrogen (secondary N) is 1. The highest BCUT2D eigenvalue weighted by molar-refractivity contribution is 5.70. The van der Waals surface area contributed by atoms with Gasteiger partial charge in [0.15, 0.2) is 5.95 Å². The summed E-state index contributed by atoms with van der Waals surface area (Å²) in [5.41, 5.74) is 15.1. The van der Waals surface area contributed by atoms with E-state index in [1.54, 1.807) is 0 Å². The highest BCUT2D eigenvalue weighted by Crippen LogP contribution is 2.27. The zero-order valence-corrected chi connectivity index (χ0v) is 21.8. The van der Waals surface area contributed by atoms with E-state index in [9.17, 15) is 0 Å². The van der Waals surface area contributed by atoms with E-state index in [1.807, 2.05) is 16.8 Å². The van der Waals surface area contributed by atoms with E-state index < -0.39 is 0 Å². The van der Waals surface area contributed by atoms with Gasteiger partial charge in [-0.2, -0.15) is 0 Å². The molecule has 5 rings (SSSR count). The number of aromatic amines is 1. The summed E-state index contributed by atoms with van der Waals surface area (Å²) >= 11 is 0. The maximum Gasteiger partial charge on any atom is 0.198 e. The second-order valence-electron chi connectivity index (χ2n) is 9.76. The first-order valence-corrected chi connectivity index (χ1v) is 13.3. The van der Waals surface area contributed by atoms with Crippen LogP contribution >= 0.6 is 0 Å². The maximum atomic E-state index is 6.04. The molecule has 0 bridgehead atoms. The number of imidazole rings is 1. The van der Waals surface area contributed by atoms with Gasteiger partial charge in [-0.25, -0.2) is 9.67 Å². The number of anilines is 1. The fourth-order valence-electron chi connectivity index (χ4n) is 4.75. The zero-order valence-electron chi connectivity index (χ0n) is 21.8. The molecular formula is C32H34N6. The van der Waals surface area contributed by atoms with Crippen molar-refractivity contribution in [3.8, 4) is 22.4 Å². The van der Waals surface area contributed by atoms with Crippen LogP contribution in [0.15, 0.2) is 96.7 Å². The molecule has 2 heterocycles. The van der Waals surface area contributed by atoms with Gasteiger partial charge in [-0.3, -0.25) is 0 Å². The Morgan fingerprint density at radius 1 is 0.816 bits per heavy atom. The lowest BCUT2D eigenvalue weighted by Gasteiger charge is -2.06. The summed E-state index contributed by atoms with van der Waals surface area (Å²) in [6, 6.07) is 29.3. The predicted molar refractivity (Wildman–Crippen MR) is 155 cm³/mol. The molecule has 3 aromatic carbocycles. The number of unbranched alkanes of at least 4 members (excludes halogenated alkanes) is 2. The minimum atomic E-state index is 0.468. The van der Waals surface area contributed by atoms with Crippen LogP contribution in [0, 0.1) is 0 Å². The maximum absolute atomic E-state index is 6.04. The molecule has 0 aliphatic heterocycles. The van der Waals surface area contributed by atoms with Crippen molar-refractivity contribution in [2.75, 3.05) is 5.73 Å². The number of nitrogens with two attached hydrogens (primary N) is 1. The lowest BCUT2D eigenvalue weighted by Crippen LogP contribution is -1.99. The van der Waals surface area contributed by atoms with Gasteiger partial charge < -0.3 is 10.7 Å². The van der Waals surface area contributed by atoms with Gasteiger partial charge in [0.25, 0.3) is 0 Å². The Balaban J connectivity index is 1.10. The van der Waals surface area contributed by atoms with Crippen LogP contribution in [0.5, 0.6) is 0 Å². The SMILES string of the molecule is C/C(=C\c1ccccc1)Cn1cc(CCCCCc2[nH]c(N)nc2-c2ccc(-c3ccccc3)cc2)nn1. The van der Waals surface area contributed by atoms with Crippen LogP contribution in [-0.4, -0.2) is 25.0 Å². The molecule has 0 aliphatic rings. The summed E-state index contributed by atoms with van der Waals surface area (Å²) in [4.78, 5) is 7.85. The Labute approximate surface area is 224 Å². The van der Waals surface area contributed by atoms with Gasteiger partial charge >= 0.3 is 0 Å². The highest BCUT2D eigenvalue weighted by atomic mass is 15.4. The summed E-state index contributed by atoms with van der Waals surface area (Å²) in [5.74, 6) is 0.468. The summed E-state index contributed by atoms with van der Waals surface area (Å²) in [6.45, 7) is 2.88. The lowest BCUT2D eigenvalue weighted by molar-refractivity contribution is 0.642. The number of H-pyrrole nitrogens is 1. The Kier molecular flexibility index (Phi) is 8.09. The standard InChI is InChI=1S/C32H34N6/c1-24(21-25-11-5-2-6-12-25)22-38-23-29(36-37-38)15-9-4-10-16-30-31(35-32(33)34-30)28-19-17-27(18-20-28)26-13-7-3-8-14-26/h2-3,5-8,11-14,17-21,23H,4,9-10,15-16,22H2,1H3,(H3,33,34,35)/b24-21+. The number of hydrogen-bond donors (Lipinski definition) is 2. The normalized spacial score (nSPS) is 11.7. The van der Waals surface area contributed by atoms with Crippen molar-refractivity contribution < 1.29 is 0 Å². The van der Waals surface area contributed by atoms with Crippen LogP contribution < -0.4 is 5.73 Å². The van der Waals surface area contributed by atoms with Gasteiger partial charge in [0.05, 0.1) is 17.9 Å². The van der Waals surface area contributed by atoms with Crippen LogP contribution in [0.4, 0.5) is 5.95 Å². The molecule has 5 aromatic rings. The zero-order chi connectivity index (χ0) is 26.2. The lowest BCUT2D eigenvalue weighted by atomic mass is 10.0. The van der Waals surface area contributed by atoms with Gasteiger partial charge in [0, 0.05) is 17.5 Å². The van der Waals surface area contributed by atoms with E-state index in [0.717, 1.165) is 61.3 Å². The van der Waals surface area contributed by atoms with E-state index in [2.05, 4.69) is 112 Å². The molecule has 38 heavy (non-hydrogen) atoms. The summed E-state index contributed by atoms with van der Waals surface area (Å²) < 4.78 is 1.92. The van der Waals surface area contributed by atoms with Crippen molar-refractivity contribution in [3.05, 3.63) is 114 Å². The molecule has 0 atom stereocenters. The topological polar surface area (TPSA) is 85.4 Å². The van der Waals surface area contributed by atoms with Crippen LogP contribution in [0.3, 0.4) is 0 Å². The van der Waals surface area contributed by atoms with Crippen molar-refractivity contribution in [2.45, 2.75) is 45.6 Å². The number of rotatable bonds is 11. The third kappa shape index (κ3) is 6.65.